The second-order valence-corrected chi connectivity index (χ2v) is 14.0. The first-order valence-electron chi connectivity index (χ1n) is 16.4. The van der Waals surface area contributed by atoms with E-state index in [9.17, 15) is 14.4 Å². The molecular weight excluding hydrogens is 702 g/mol. The Morgan fingerprint density at radius 1 is 1.00 bits per heavy atom. The second kappa shape index (κ2) is 18.0. The van der Waals surface area contributed by atoms with E-state index < -0.39 is 29.7 Å². The highest BCUT2D eigenvalue weighted by Gasteiger charge is 2.32. The molecule has 3 amide bonds. The maximum atomic E-state index is 14.8. The highest BCUT2D eigenvalue weighted by atomic mass is 79.9. The fourth-order valence-electron chi connectivity index (χ4n) is 5.60. The molecule has 0 aliphatic rings. The minimum Gasteiger partial charge on any atom is -0.493 e. The minimum absolute atomic E-state index is 0.139. The summed E-state index contributed by atoms with van der Waals surface area (Å²) in [5, 5.41) is 6.05. The van der Waals surface area contributed by atoms with Crippen LogP contribution >= 0.6 is 15.9 Å². The summed E-state index contributed by atoms with van der Waals surface area (Å²) in [6.45, 7) is 11.6. The third kappa shape index (κ3) is 11.0. The van der Waals surface area contributed by atoms with Crippen molar-refractivity contribution in [1.82, 2.24) is 15.5 Å². The Bertz CT molecular complexity index is 1670. The van der Waals surface area contributed by atoms with E-state index in [1.165, 1.54) is 0 Å². The van der Waals surface area contributed by atoms with Crippen molar-refractivity contribution in [2.24, 2.45) is 10.7 Å². The first kappa shape index (κ1) is 40.0. The molecule has 0 aliphatic heterocycles. The largest absolute Gasteiger partial charge is 0.493 e. The number of alkyl carbamates (subject to hydrolysis) is 1. The average molecular weight is 753 g/mol. The van der Waals surface area contributed by atoms with Crippen LogP contribution in [0.3, 0.4) is 0 Å². The van der Waals surface area contributed by atoms with Gasteiger partial charge in [-0.3, -0.25) is 14.6 Å². The molecule has 3 aromatic rings. The van der Waals surface area contributed by atoms with Gasteiger partial charge in [-0.1, -0.05) is 40.2 Å². The number of nitrogens with zero attached hydrogens (tertiary/aromatic N) is 2. The summed E-state index contributed by atoms with van der Waals surface area (Å²) in [5.74, 6) is 0.178. The molecular formula is C38H50BrN5O6. The van der Waals surface area contributed by atoms with Gasteiger partial charge in [0.25, 0.3) is 0 Å². The van der Waals surface area contributed by atoms with Crippen molar-refractivity contribution >= 4 is 40.1 Å². The predicted molar refractivity (Wildman–Crippen MR) is 200 cm³/mol. The Labute approximate surface area is 304 Å². The Morgan fingerprint density at radius 3 is 2.20 bits per heavy atom. The van der Waals surface area contributed by atoms with Gasteiger partial charge in [-0.25, -0.2) is 4.79 Å². The number of rotatable bonds is 15. The van der Waals surface area contributed by atoms with Crippen molar-refractivity contribution < 1.29 is 28.6 Å². The number of aryl methyl sites for hydroxylation is 2. The van der Waals surface area contributed by atoms with Gasteiger partial charge in [0.1, 0.15) is 11.6 Å². The number of hydrogen-bond donors (Lipinski definition) is 3. The molecule has 270 valence electrons. The molecule has 1 unspecified atom stereocenters. The van der Waals surface area contributed by atoms with Crippen molar-refractivity contribution in [2.75, 3.05) is 27.8 Å². The van der Waals surface area contributed by atoms with Crippen molar-refractivity contribution in [2.45, 2.75) is 78.2 Å². The molecule has 0 heterocycles. The van der Waals surface area contributed by atoms with E-state index in [4.69, 9.17) is 24.9 Å². The minimum atomic E-state index is -1.03. The van der Waals surface area contributed by atoms with Crippen molar-refractivity contribution in [3.05, 3.63) is 92.5 Å². The molecule has 11 nitrogen and oxygen atoms in total. The fraction of sp³-hybridized carbons (Fsp3) is 0.421. The monoisotopic (exact) mass is 751 g/mol. The Kier molecular flexibility index (Phi) is 14.4. The number of carbonyl (C=O) groups excluding carboxylic acids is 3. The molecule has 0 aromatic heterocycles. The number of nitrogens with two attached hydrogens (primary N) is 1. The van der Waals surface area contributed by atoms with Gasteiger partial charge in [-0.2, -0.15) is 0 Å². The van der Waals surface area contributed by atoms with E-state index in [2.05, 4.69) is 26.6 Å². The molecule has 0 spiro atoms. The third-order valence-corrected chi connectivity index (χ3v) is 8.82. The first-order valence-corrected chi connectivity index (χ1v) is 17.2. The van der Waals surface area contributed by atoms with Gasteiger partial charge in [0.15, 0.2) is 11.5 Å². The summed E-state index contributed by atoms with van der Waals surface area (Å²) in [7, 11) is 4.98. The summed E-state index contributed by atoms with van der Waals surface area (Å²) in [6, 6.07) is 15.0. The standard InChI is InChI=1S/C38H50BrN5O6/c1-23-16-27(35(40)45)17-24(2)29(23)19-31(43-37(47)50-38(4,5)6)36(46)44(22-26-14-15-33(48-8)34(18-26)49-9)25(3)20-42-32(21-41-7)28-12-10-11-13-30(28)39/h10-18,20,25,31-32,41H,19,21-22H2,1-9H3,(H2,40,45)(H,43,47)/b42-20+/t25-,31-,32?/m0/s1. The lowest BCUT2D eigenvalue weighted by molar-refractivity contribution is -0.134. The zero-order valence-electron chi connectivity index (χ0n) is 30.4. The summed E-state index contributed by atoms with van der Waals surface area (Å²) >= 11 is 3.65. The quantitative estimate of drug-likeness (QED) is 0.160. The summed E-state index contributed by atoms with van der Waals surface area (Å²) in [4.78, 5) is 46.6. The molecule has 0 fully saturated rings. The van der Waals surface area contributed by atoms with Gasteiger partial charge in [-0.15, -0.1) is 0 Å². The lowest BCUT2D eigenvalue weighted by Crippen LogP contribution is -2.53. The molecule has 4 N–H and O–H groups in total. The number of aliphatic imine (C=N–C) groups is 1. The number of hydrogen-bond acceptors (Lipinski definition) is 8. The highest BCUT2D eigenvalue weighted by Crippen LogP contribution is 2.29. The van der Waals surface area contributed by atoms with Crippen LogP contribution in [-0.4, -0.2) is 74.5 Å². The van der Waals surface area contributed by atoms with Crippen LogP contribution in [-0.2, 0) is 22.5 Å². The Hall–Kier alpha value is -4.42. The first-order chi connectivity index (χ1) is 23.6. The number of likely N-dealkylation sites (N-methyl/N-ethyl adjacent to an activating group) is 1. The molecule has 3 atom stereocenters. The van der Waals surface area contributed by atoms with E-state index >= 15 is 0 Å². The molecule has 12 heteroatoms. The van der Waals surface area contributed by atoms with E-state index in [1.807, 2.05) is 64.2 Å². The van der Waals surface area contributed by atoms with Crippen molar-refractivity contribution in [1.29, 1.82) is 0 Å². The van der Waals surface area contributed by atoms with Crippen LogP contribution in [0.1, 0.15) is 71.9 Å². The Morgan fingerprint density at radius 2 is 1.64 bits per heavy atom. The Balaban J connectivity index is 2.12. The maximum Gasteiger partial charge on any atom is 0.408 e. The van der Waals surface area contributed by atoms with E-state index in [-0.39, 0.29) is 24.9 Å². The number of carbonyl (C=O) groups is 3. The average Bonchev–Trinajstić information content (AvgIpc) is 3.05. The van der Waals surface area contributed by atoms with Crippen LogP contribution < -0.4 is 25.8 Å². The van der Waals surface area contributed by atoms with Crippen LogP contribution in [0.5, 0.6) is 11.5 Å². The van der Waals surface area contributed by atoms with E-state index in [1.54, 1.807) is 64.3 Å². The predicted octanol–water partition coefficient (Wildman–Crippen LogP) is 6.07. The molecule has 0 saturated heterocycles. The van der Waals surface area contributed by atoms with Crippen LogP contribution in [0.4, 0.5) is 4.79 Å². The zero-order chi connectivity index (χ0) is 37.2. The number of primary amides is 1. The van der Waals surface area contributed by atoms with Gasteiger partial charge < -0.3 is 35.5 Å². The molecule has 3 aromatic carbocycles. The van der Waals surface area contributed by atoms with E-state index in [0.717, 1.165) is 32.3 Å². The molecule has 3 rings (SSSR count). The summed E-state index contributed by atoms with van der Waals surface area (Å²) in [6.07, 6.45) is 1.18. The van der Waals surface area contributed by atoms with Crippen LogP contribution in [0, 0.1) is 13.8 Å². The van der Waals surface area contributed by atoms with Crippen molar-refractivity contribution in [3.63, 3.8) is 0 Å². The van der Waals surface area contributed by atoms with Crippen LogP contribution in [0.15, 0.2) is 64.1 Å². The summed E-state index contributed by atoms with van der Waals surface area (Å²) < 4.78 is 17.5. The zero-order valence-corrected chi connectivity index (χ0v) is 32.0. The lowest BCUT2D eigenvalue weighted by atomic mass is 9.93. The van der Waals surface area contributed by atoms with E-state index in [0.29, 0.717) is 23.6 Å². The number of benzene rings is 3. The maximum absolute atomic E-state index is 14.8. The number of halogens is 1. The lowest BCUT2D eigenvalue weighted by Gasteiger charge is -2.32. The second-order valence-electron chi connectivity index (χ2n) is 13.1. The van der Waals surface area contributed by atoms with Gasteiger partial charge in [0.2, 0.25) is 11.8 Å². The number of nitrogens with one attached hydrogen (secondary N) is 2. The fourth-order valence-corrected chi connectivity index (χ4v) is 6.15. The smallest absolute Gasteiger partial charge is 0.408 e. The van der Waals surface area contributed by atoms with Gasteiger partial charge in [0.05, 0.1) is 26.3 Å². The van der Waals surface area contributed by atoms with Crippen molar-refractivity contribution in [3.8, 4) is 11.5 Å². The number of amides is 3. The normalized spacial score (nSPS) is 13.3. The SMILES string of the molecule is CNCC(/N=C/[C@H](C)N(Cc1ccc(OC)c(OC)c1)C(=O)[C@H](Cc1c(C)cc(C(N)=O)cc1C)NC(=O)OC(C)(C)C)c1ccccc1Br. The molecule has 0 saturated carbocycles. The van der Waals surface area contributed by atoms with Crippen LogP contribution in [0.25, 0.3) is 0 Å². The molecule has 0 bridgehead atoms. The van der Waals surface area contributed by atoms with Gasteiger partial charge >= 0.3 is 6.09 Å². The highest BCUT2D eigenvalue weighted by molar-refractivity contribution is 9.10. The molecule has 0 aliphatic carbocycles. The summed E-state index contributed by atoms with van der Waals surface area (Å²) in [5.41, 5.74) is 9.27. The van der Waals surface area contributed by atoms with Gasteiger partial charge in [-0.05, 0) is 107 Å². The van der Waals surface area contributed by atoms with Crippen LogP contribution in [0.2, 0.25) is 0 Å². The molecule has 0 radical (unpaired) electrons. The molecule has 50 heavy (non-hydrogen) atoms. The topological polar surface area (TPSA) is 145 Å². The number of ether oxygens (including phenoxy) is 3. The number of methoxy groups -OCH3 is 2. The third-order valence-electron chi connectivity index (χ3n) is 8.10. The van der Waals surface area contributed by atoms with Gasteiger partial charge in [0, 0.05) is 35.8 Å².